The van der Waals surface area contributed by atoms with E-state index in [9.17, 15) is 9.59 Å². The Labute approximate surface area is 162 Å². The molecule has 4 aliphatic carbocycles. The number of rotatable bonds is 4. The number of hydrogen-bond acceptors (Lipinski definition) is 3. The number of carbonyl (C=O) groups is 2. The zero-order valence-electron chi connectivity index (χ0n) is 16.9. The summed E-state index contributed by atoms with van der Waals surface area (Å²) >= 11 is 0. The van der Waals surface area contributed by atoms with Crippen LogP contribution in [0.1, 0.15) is 59.3 Å². The highest BCUT2D eigenvalue weighted by molar-refractivity contribution is 6.01. The van der Waals surface area contributed by atoms with Crippen LogP contribution < -0.4 is 0 Å². The number of carbonyl (C=O) groups excluding carboxylic acids is 2. The lowest BCUT2D eigenvalue weighted by Gasteiger charge is -2.57. The molecule has 0 heterocycles. The van der Waals surface area contributed by atoms with Crippen LogP contribution in [0.3, 0.4) is 0 Å². The lowest BCUT2D eigenvalue weighted by Crippen LogP contribution is -2.53. The van der Waals surface area contributed by atoms with E-state index >= 15 is 0 Å². The smallest absolute Gasteiger partial charge is 0.178 e. The van der Waals surface area contributed by atoms with Gasteiger partial charge in [0.25, 0.3) is 0 Å². The van der Waals surface area contributed by atoms with Crippen molar-refractivity contribution in [2.24, 2.45) is 28.6 Å². The minimum atomic E-state index is -0.139. The van der Waals surface area contributed by atoms with Crippen LogP contribution in [0.5, 0.6) is 0 Å². The van der Waals surface area contributed by atoms with E-state index in [2.05, 4.69) is 39.0 Å². The third-order valence-corrected chi connectivity index (χ3v) is 8.06. The van der Waals surface area contributed by atoms with Gasteiger partial charge in [-0.25, -0.2) is 0 Å². The van der Waals surface area contributed by atoms with Crippen LogP contribution in [0, 0.1) is 28.6 Å². The molecule has 0 aromatic rings. The highest BCUT2D eigenvalue weighted by atomic mass is 16.5. The van der Waals surface area contributed by atoms with Crippen molar-refractivity contribution < 1.29 is 14.3 Å². The van der Waals surface area contributed by atoms with Gasteiger partial charge < -0.3 is 4.74 Å². The molecule has 3 saturated carbocycles. The van der Waals surface area contributed by atoms with Crippen molar-refractivity contribution in [3.63, 3.8) is 0 Å². The number of Topliss-reactive ketones (excluding diaryl/α,β-unsaturated/α-hetero) is 1. The van der Waals surface area contributed by atoms with Crippen molar-refractivity contribution >= 4 is 11.6 Å². The average Bonchev–Trinajstić information content (AvgIpc) is 2.95. The predicted molar refractivity (Wildman–Crippen MR) is 106 cm³/mol. The molecule has 0 saturated heterocycles. The van der Waals surface area contributed by atoms with Gasteiger partial charge in [-0.1, -0.05) is 39.0 Å². The zero-order chi connectivity index (χ0) is 19.2. The molecule has 3 heteroatoms. The first kappa shape index (κ1) is 18.9. The third-order valence-electron chi connectivity index (χ3n) is 8.06. The Balaban J connectivity index is 1.67. The van der Waals surface area contributed by atoms with E-state index in [1.165, 1.54) is 0 Å². The summed E-state index contributed by atoms with van der Waals surface area (Å²) in [6.45, 7) is 7.20. The van der Waals surface area contributed by atoms with Gasteiger partial charge in [-0.15, -0.1) is 0 Å². The van der Waals surface area contributed by atoms with Crippen molar-refractivity contribution in [3.8, 4) is 0 Å². The molecular weight excluding hydrogens is 336 g/mol. The summed E-state index contributed by atoms with van der Waals surface area (Å²) in [5, 5.41) is 0. The molecule has 0 aliphatic heterocycles. The number of ketones is 2. The van der Waals surface area contributed by atoms with Crippen LogP contribution in [-0.2, 0) is 14.3 Å². The summed E-state index contributed by atoms with van der Waals surface area (Å²) in [5.74, 6) is 2.01. The second-order valence-electron chi connectivity index (χ2n) is 9.35. The van der Waals surface area contributed by atoms with Crippen molar-refractivity contribution in [2.45, 2.75) is 65.4 Å². The molecule has 6 atom stereocenters. The molecule has 0 aromatic carbocycles. The highest BCUT2D eigenvalue weighted by Crippen LogP contribution is 2.63. The summed E-state index contributed by atoms with van der Waals surface area (Å²) in [6, 6.07) is 0. The second kappa shape index (κ2) is 6.84. The van der Waals surface area contributed by atoms with Crippen molar-refractivity contribution in [3.05, 3.63) is 36.0 Å². The van der Waals surface area contributed by atoms with E-state index in [1.54, 1.807) is 6.08 Å². The van der Waals surface area contributed by atoms with Crippen molar-refractivity contribution in [1.29, 1.82) is 0 Å². The number of fused-ring (bicyclic) bond motifs is 5. The summed E-state index contributed by atoms with van der Waals surface area (Å²) < 4.78 is 6.30. The summed E-state index contributed by atoms with van der Waals surface area (Å²) in [4.78, 5) is 24.8. The Kier molecular flexibility index (Phi) is 4.78. The molecule has 0 radical (unpaired) electrons. The second-order valence-corrected chi connectivity index (χ2v) is 9.35. The molecule has 27 heavy (non-hydrogen) atoms. The van der Waals surface area contributed by atoms with E-state index in [-0.39, 0.29) is 22.7 Å². The topological polar surface area (TPSA) is 43.4 Å². The SMILES string of the molecule is CC/C=C/COC1CC2C(CCC3(C)C(=O)CCC23)C2(C)C=CC(=O)C=C12. The minimum Gasteiger partial charge on any atom is -0.370 e. The quantitative estimate of drug-likeness (QED) is 0.668. The number of allylic oxidation sites excluding steroid dienone is 4. The molecule has 146 valence electrons. The predicted octanol–water partition coefficient (Wildman–Crippen LogP) is 4.82. The monoisotopic (exact) mass is 368 g/mol. The fourth-order valence-electron chi connectivity index (χ4n) is 6.56. The van der Waals surface area contributed by atoms with Crippen LogP contribution in [0.15, 0.2) is 36.0 Å². The first-order valence-corrected chi connectivity index (χ1v) is 10.7. The van der Waals surface area contributed by atoms with Gasteiger partial charge in [0.15, 0.2) is 5.78 Å². The van der Waals surface area contributed by atoms with Crippen LogP contribution in [0.4, 0.5) is 0 Å². The molecule has 0 spiro atoms. The summed E-state index contributed by atoms with van der Waals surface area (Å²) in [7, 11) is 0. The van der Waals surface area contributed by atoms with Crippen LogP contribution in [0.25, 0.3) is 0 Å². The molecule has 6 unspecified atom stereocenters. The molecular formula is C24H32O3. The average molecular weight is 369 g/mol. The van der Waals surface area contributed by atoms with Gasteiger partial charge >= 0.3 is 0 Å². The van der Waals surface area contributed by atoms with E-state index in [0.717, 1.165) is 44.1 Å². The fraction of sp³-hybridized carbons (Fsp3) is 0.667. The molecule has 4 aliphatic rings. The lowest BCUT2D eigenvalue weighted by molar-refractivity contribution is -0.133. The highest BCUT2D eigenvalue weighted by Gasteiger charge is 2.60. The maximum Gasteiger partial charge on any atom is 0.178 e. The van der Waals surface area contributed by atoms with Gasteiger partial charge in [-0.3, -0.25) is 9.59 Å². The van der Waals surface area contributed by atoms with Crippen LogP contribution in [-0.4, -0.2) is 24.3 Å². The normalized spacial score (nSPS) is 43.4. The summed E-state index contributed by atoms with van der Waals surface area (Å²) in [6.07, 6.45) is 15.7. The Morgan fingerprint density at radius 2 is 2.00 bits per heavy atom. The standard InChI is InChI=1S/C24H32O3/c1-4-5-6-13-27-21-15-17-18-7-8-22(26)24(18,3)12-10-19(17)23(2)11-9-16(25)14-20(21)23/h5-6,9,11,14,17-19,21H,4,7-8,10,12-13,15H2,1-3H3/b6-5+. The molecule has 3 fully saturated rings. The van der Waals surface area contributed by atoms with Gasteiger partial charge in [0.2, 0.25) is 0 Å². The van der Waals surface area contributed by atoms with Gasteiger partial charge in [0.05, 0.1) is 12.7 Å². The van der Waals surface area contributed by atoms with E-state index in [4.69, 9.17) is 4.74 Å². The Bertz CT molecular complexity index is 730. The van der Waals surface area contributed by atoms with Crippen LogP contribution in [0.2, 0.25) is 0 Å². The largest absolute Gasteiger partial charge is 0.370 e. The minimum absolute atomic E-state index is 0.0234. The Morgan fingerprint density at radius 1 is 1.19 bits per heavy atom. The molecule has 3 nitrogen and oxygen atoms in total. The zero-order valence-corrected chi connectivity index (χ0v) is 16.9. The lowest BCUT2D eigenvalue weighted by atomic mass is 9.48. The molecule has 0 amide bonds. The van der Waals surface area contributed by atoms with Gasteiger partial charge in [0, 0.05) is 17.3 Å². The number of hydrogen-bond donors (Lipinski definition) is 0. The van der Waals surface area contributed by atoms with Crippen LogP contribution >= 0.6 is 0 Å². The third kappa shape index (κ3) is 2.90. The maximum atomic E-state index is 12.6. The van der Waals surface area contributed by atoms with Gasteiger partial charge in [-0.2, -0.15) is 0 Å². The van der Waals surface area contributed by atoms with E-state index < -0.39 is 0 Å². The Morgan fingerprint density at radius 3 is 2.78 bits per heavy atom. The van der Waals surface area contributed by atoms with Crippen molar-refractivity contribution in [2.75, 3.05) is 6.61 Å². The van der Waals surface area contributed by atoms with Gasteiger partial charge in [-0.05, 0) is 67.6 Å². The Hall–Kier alpha value is -1.48. The maximum absolute atomic E-state index is 12.6. The van der Waals surface area contributed by atoms with E-state index in [1.807, 2.05) is 6.08 Å². The fourth-order valence-corrected chi connectivity index (χ4v) is 6.56. The summed E-state index contributed by atoms with van der Waals surface area (Å²) in [5.41, 5.74) is 0.900. The molecule has 0 bridgehead atoms. The first-order valence-electron chi connectivity index (χ1n) is 10.7. The molecule has 0 aromatic heterocycles. The molecule has 4 rings (SSSR count). The van der Waals surface area contributed by atoms with Crippen molar-refractivity contribution in [1.82, 2.24) is 0 Å². The van der Waals surface area contributed by atoms with E-state index in [0.29, 0.717) is 30.1 Å². The molecule has 0 N–H and O–H groups in total. The number of ether oxygens (including phenoxy) is 1. The van der Waals surface area contributed by atoms with Gasteiger partial charge in [0.1, 0.15) is 5.78 Å². The first-order chi connectivity index (χ1) is 12.9.